The highest BCUT2D eigenvalue weighted by Crippen LogP contribution is 2.44. The Morgan fingerprint density at radius 1 is 1.13 bits per heavy atom. The molecule has 0 spiro atoms. The van der Waals surface area contributed by atoms with E-state index in [1.807, 2.05) is 59.0 Å². The quantitative estimate of drug-likeness (QED) is 0.433. The smallest absolute Gasteiger partial charge is 0.103 e. The number of nitriles is 1. The van der Waals surface area contributed by atoms with Gasteiger partial charge in [0.1, 0.15) is 5.54 Å². The Hall–Kier alpha value is -3.16. The Morgan fingerprint density at radius 2 is 1.97 bits per heavy atom. The van der Waals surface area contributed by atoms with Crippen LogP contribution in [0.3, 0.4) is 0 Å². The molecule has 2 aliphatic rings. The van der Waals surface area contributed by atoms with Crippen molar-refractivity contribution in [3.8, 4) is 28.6 Å². The molecule has 1 saturated heterocycles. The van der Waals surface area contributed by atoms with E-state index in [0.29, 0.717) is 6.42 Å². The molecule has 0 aromatic carbocycles. The second-order valence-electron chi connectivity index (χ2n) is 8.37. The topological polar surface area (TPSA) is 92.9 Å². The summed E-state index contributed by atoms with van der Waals surface area (Å²) in [5.41, 5.74) is 4.12. The Balaban J connectivity index is 1.36. The van der Waals surface area contributed by atoms with Crippen LogP contribution in [0.15, 0.2) is 43.2 Å². The number of hydrogen-bond acceptors (Lipinski definition) is 7. The molecule has 0 radical (unpaired) electrons. The van der Waals surface area contributed by atoms with Gasteiger partial charge in [-0.15, -0.1) is 0 Å². The van der Waals surface area contributed by atoms with Crippen LogP contribution < -0.4 is 0 Å². The molecule has 4 aromatic heterocycles. The number of aryl methyl sites for hydroxylation is 1. The van der Waals surface area contributed by atoms with Crippen LogP contribution in [0.25, 0.3) is 28.0 Å². The highest BCUT2D eigenvalue weighted by atomic mass is 32.2. The zero-order valence-corrected chi connectivity index (χ0v) is 17.9. The highest BCUT2D eigenvalue weighted by Gasteiger charge is 2.47. The lowest BCUT2D eigenvalue weighted by Crippen LogP contribution is -2.60. The molecule has 0 amide bonds. The van der Waals surface area contributed by atoms with E-state index < -0.39 is 0 Å². The zero-order chi connectivity index (χ0) is 21.0. The van der Waals surface area contributed by atoms with Crippen molar-refractivity contribution in [1.82, 2.24) is 38.5 Å². The van der Waals surface area contributed by atoms with Crippen LogP contribution in [0, 0.1) is 11.3 Å². The normalized spacial score (nSPS) is 18.2. The third kappa shape index (κ3) is 3.21. The van der Waals surface area contributed by atoms with Crippen molar-refractivity contribution >= 4 is 17.5 Å². The predicted molar refractivity (Wildman–Crippen MR) is 117 cm³/mol. The molecule has 2 fully saturated rings. The summed E-state index contributed by atoms with van der Waals surface area (Å²) in [5.74, 6) is 0. The molecular weight excluding hydrogens is 410 g/mol. The van der Waals surface area contributed by atoms with Crippen LogP contribution in [0.2, 0.25) is 0 Å². The third-order valence-corrected chi connectivity index (χ3v) is 7.23. The summed E-state index contributed by atoms with van der Waals surface area (Å²) >= 11 is 1.93. The molecule has 10 heteroatoms. The highest BCUT2D eigenvalue weighted by molar-refractivity contribution is 7.97. The van der Waals surface area contributed by atoms with Crippen molar-refractivity contribution in [2.75, 3.05) is 13.1 Å². The van der Waals surface area contributed by atoms with Crippen molar-refractivity contribution in [2.24, 2.45) is 7.05 Å². The Morgan fingerprint density at radius 3 is 2.71 bits per heavy atom. The Kier molecular flexibility index (Phi) is 4.16. The molecule has 0 atom stereocenters. The summed E-state index contributed by atoms with van der Waals surface area (Å²) < 4.78 is 7.94. The fourth-order valence-corrected chi connectivity index (χ4v) is 5.49. The first-order chi connectivity index (χ1) is 15.1. The lowest BCUT2D eigenvalue weighted by molar-refractivity contribution is 0.0810. The maximum atomic E-state index is 9.46. The minimum absolute atomic E-state index is 0.271. The van der Waals surface area contributed by atoms with Crippen molar-refractivity contribution < 1.29 is 0 Å². The van der Waals surface area contributed by atoms with Gasteiger partial charge in [-0.25, -0.2) is 13.8 Å². The van der Waals surface area contributed by atoms with Gasteiger partial charge in [-0.3, -0.25) is 9.36 Å². The minimum atomic E-state index is -0.271. The Labute approximate surface area is 183 Å². The van der Waals surface area contributed by atoms with E-state index in [-0.39, 0.29) is 5.54 Å². The van der Waals surface area contributed by atoms with Gasteiger partial charge in [0.15, 0.2) is 0 Å². The van der Waals surface area contributed by atoms with Gasteiger partial charge in [0.25, 0.3) is 0 Å². The van der Waals surface area contributed by atoms with E-state index in [4.69, 9.17) is 4.98 Å². The van der Waals surface area contributed by atoms with Gasteiger partial charge < -0.3 is 0 Å². The Bertz CT molecular complexity index is 1300. The van der Waals surface area contributed by atoms with Crippen LogP contribution in [-0.2, 0) is 12.6 Å². The van der Waals surface area contributed by atoms with E-state index in [0.717, 1.165) is 46.4 Å². The van der Waals surface area contributed by atoms with E-state index in [1.165, 1.54) is 12.8 Å². The molecule has 1 aliphatic heterocycles. The zero-order valence-electron chi connectivity index (χ0n) is 17.1. The molecular formula is C21H21N9S. The summed E-state index contributed by atoms with van der Waals surface area (Å²) in [5, 5.41) is 23.6. The SMILES string of the molecule is Cn1cc(-c2cn3nccc3c(-c3cnn(C4(CC#N)CN(SC5CC5)C4)c3)n2)cn1. The summed E-state index contributed by atoms with van der Waals surface area (Å²) in [6.07, 6.45) is 14.3. The van der Waals surface area contributed by atoms with Crippen molar-refractivity contribution in [3.63, 3.8) is 0 Å². The second kappa shape index (κ2) is 6.93. The van der Waals surface area contributed by atoms with Crippen molar-refractivity contribution in [2.45, 2.75) is 30.1 Å². The number of aromatic nitrogens is 7. The number of hydrogen-bond donors (Lipinski definition) is 0. The molecule has 1 aliphatic carbocycles. The number of fused-ring (bicyclic) bond motifs is 1. The third-order valence-electron chi connectivity index (χ3n) is 5.90. The molecule has 0 bridgehead atoms. The van der Waals surface area contributed by atoms with Gasteiger partial charge in [0.2, 0.25) is 0 Å². The molecule has 31 heavy (non-hydrogen) atoms. The number of nitrogens with zero attached hydrogens (tertiary/aromatic N) is 9. The van der Waals surface area contributed by atoms with E-state index in [9.17, 15) is 5.26 Å². The van der Waals surface area contributed by atoms with Gasteiger partial charge in [-0.05, 0) is 18.9 Å². The average molecular weight is 432 g/mol. The van der Waals surface area contributed by atoms with E-state index in [2.05, 4.69) is 25.7 Å². The minimum Gasteiger partial charge on any atom is -0.275 e. The maximum Gasteiger partial charge on any atom is 0.103 e. The van der Waals surface area contributed by atoms with Crippen LogP contribution in [0.4, 0.5) is 0 Å². The van der Waals surface area contributed by atoms with Crippen LogP contribution in [0.1, 0.15) is 19.3 Å². The summed E-state index contributed by atoms with van der Waals surface area (Å²) in [4.78, 5) is 4.93. The summed E-state index contributed by atoms with van der Waals surface area (Å²) in [6, 6.07) is 4.32. The van der Waals surface area contributed by atoms with Crippen LogP contribution in [-0.4, -0.2) is 56.8 Å². The largest absolute Gasteiger partial charge is 0.275 e. The average Bonchev–Trinajstić information content (AvgIpc) is 3.14. The van der Waals surface area contributed by atoms with E-state index in [1.54, 1.807) is 17.1 Å². The predicted octanol–water partition coefficient (Wildman–Crippen LogP) is 2.73. The van der Waals surface area contributed by atoms with Crippen molar-refractivity contribution in [1.29, 1.82) is 5.26 Å². The summed E-state index contributed by atoms with van der Waals surface area (Å²) in [6.45, 7) is 1.68. The maximum absolute atomic E-state index is 9.46. The van der Waals surface area contributed by atoms with Crippen LogP contribution in [0.5, 0.6) is 0 Å². The molecule has 156 valence electrons. The first kappa shape index (κ1) is 18.6. The molecule has 5 heterocycles. The fraction of sp³-hybridized carbons (Fsp3) is 0.381. The van der Waals surface area contributed by atoms with Gasteiger partial charge in [0.05, 0.1) is 54.2 Å². The lowest BCUT2D eigenvalue weighted by Gasteiger charge is -2.48. The first-order valence-electron chi connectivity index (χ1n) is 10.3. The van der Waals surface area contributed by atoms with Crippen molar-refractivity contribution in [3.05, 3.63) is 43.2 Å². The molecule has 6 rings (SSSR count). The first-order valence-corrected chi connectivity index (χ1v) is 11.1. The summed E-state index contributed by atoms with van der Waals surface area (Å²) in [7, 11) is 1.89. The van der Waals surface area contributed by atoms with Gasteiger partial charge in [-0.2, -0.15) is 20.6 Å². The lowest BCUT2D eigenvalue weighted by atomic mass is 9.89. The molecule has 1 saturated carbocycles. The monoisotopic (exact) mass is 431 g/mol. The molecule has 0 unspecified atom stereocenters. The van der Waals surface area contributed by atoms with E-state index >= 15 is 0 Å². The van der Waals surface area contributed by atoms with Gasteiger partial charge in [0, 0.05) is 48.9 Å². The molecule has 4 aromatic rings. The van der Waals surface area contributed by atoms with Gasteiger partial charge >= 0.3 is 0 Å². The second-order valence-corrected chi connectivity index (χ2v) is 9.77. The number of rotatable bonds is 6. The fourth-order valence-electron chi connectivity index (χ4n) is 4.09. The molecule has 9 nitrogen and oxygen atoms in total. The standard InChI is InChI=1S/C21H21N9S/c1-27-10-15(8-24-27)18-12-29-19(4-7-23-29)20(26-18)16-9-25-30(11-16)21(5-6-22)13-28(14-21)31-17-2-3-17/h4,7-12,17H,2-3,5,13-14H2,1H3. The van der Waals surface area contributed by atoms with Gasteiger partial charge in [-0.1, -0.05) is 11.9 Å². The van der Waals surface area contributed by atoms with Crippen LogP contribution >= 0.6 is 11.9 Å². The molecule has 0 N–H and O–H groups in total.